The van der Waals surface area contributed by atoms with Crippen molar-refractivity contribution < 1.29 is 4.79 Å². The van der Waals surface area contributed by atoms with E-state index < -0.39 is 5.54 Å². The van der Waals surface area contributed by atoms with Crippen molar-refractivity contribution in [3.05, 3.63) is 0 Å². The van der Waals surface area contributed by atoms with Gasteiger partial charge in [0.15, 0.2) is 0 Å². The highest BCUT2D eigenvalue weighted by molar-refractivity contribution is 5.83. The normalized spacial score (nSPS) is 15.1. The molecule has 3 heteroatoms. The summed E-state index contributed by atoms with van der Waals surface area (Å²) in [5.41, 5.74) is 4.88. The van der Waals surface area contributed by atoms with Crippen LogP contribution in [0, 0.1) is 0 Å². The van der Waals surface area contributed by atoms with E-state index in [1.807, 2.05) is 13.8 Å². The van der Waals surface area contributed by atoms with Crippen LogP contribution in [-0.2, 0) is 4.79 Å². The Kier molecular flexibility index (Phi) is 9.11. The maximum atomic E-state index is 11.5. The molecule has 120 valence electrons. The Morgan fingerprint density at radius 2 is 1.40 bits per heavy atom. The van der Waals surface area contributed by atoms with Gasteiger partial charge in [0.25, 0.3) is 0 Å². The van der Waals surface area contributed by atoms with Crippen molar-refractivity contribution in [2.75, 3.05) is 0 Å². The van der Waals surface area contributed by atoms with Crippen LogP contribution in [0.1, 0.15) is 92.4 Å². The second-order valence-electron chi connectivity index (χ2n) is 6.94. The van der Waals surface area contributed by atoms with E-state index in [1.165, 1.54) is 44.9 Å². The van der Waals surface area contributed by atoms with Crippen molar-refractivity contribution in [2.24, 2.45) is 5.73 Å². The van der Waals surface area contributed by atoms with Crippen LogP contribution in [0.5, 0.6) is 0 Å². The van der Waals surface area contributed by atoms with Crippen molar-refractivity contribution in [1.29, 1.82) is 0 Å². The minimum atomic E-state index is -0.633. The predicted octanol–water partition coefficient (Wildman–Crippen LogP) is 4.15. The van der Waals surface area contributed by atoms with Crippen molar-refractivity contribution in [1.82, 2.24) is 5.32 Å². The topological polar surface area (TPSA) is 55.1 Å². The van der Waals surface area contributed by atoms with Gasteiger partial charge in [0, 0.05) is 5.54 Å². The Labute approximate surface area is 126 Å². The number of unbranched alkanes of at least 4 members (excludes halogenated alkanes) is 5. The van der Waals surface area contributed by atoms with Gasteiger partial charge in [-0.05, 0) is 33.6 Å². The smallest absolute Gasteiger partial charge is 0.237 e. The summed E-state index contributed by atoms with van der Waals surface area (Å²) in [5, 5.41) is 3.52. The molecular weight excluding hydrogens is 248 g/mol. The van der Waals surface area contributed by atoms with Gasteiger partial charge in [-0.2, -0.15) is 0 Å². The number of carbonyl (C=O) groups is 1. The highest BCUT2D eigenvalue weighted by Crippen LogP contribution is 2.25. The molecule has 0 heterocycles. The summed E-state index contributed by atoms with van der Waals surface area (Å²) < 4.78 is 0. The molecule has 0 aromatic rings. The zero-order valence-corrected chi connectivity index (χ0v) is 14.3. The van der Waals surface area contributed by atoms with Gasteiger partial charge in [-0.25, -0.2) is 0 Å². The third kappa shape index (κ3) is 7.88. The number of primary amides is 1. The zero-order valence-electron chi connectivity index (χ0n) is 14.3. The molecule has 0 saturated heterocycles. The van der Waals surface area contributed by atoms with Gasteiger partial charge in [0.1, 0.15) is 0 Å². The molecule has 20 heavy (non-hydrogen) atoms. The zero-order chi connectivity index (χ0) is 15.6. The summed E-state index contributed by atoms with van der Waals surface area (Å²) in [6.45, 7) is 10.5. The fourth-order valence-electron chi connectivity index (χ4n) is 2.75. The number of rotatable bonds is 12. The van der Waals surface area contributed by atoms with Gasteiger partial charge in [-0.3, -0.25) is 10.1 Å². The first kappa shape index (κ1) is 19.4. The van der Waals surface area contributed by atoms with E-state index in [-0.39, 0.29) is 11.4 Å². The Balaban J connectivity index is 4.45. The molecule has 3 N–H and O–H groups in total. The van der Waals surface area contributed by atoms with Crippen LogP contribution in [-0.4, -0.2) is 17.0 Å². The van der Waals surface area contributed by atoms with Crippen LogP contribution in [0.25, 0.3) is 0 Å². The number of carbonyl (C=O) groups excluding carboxylic acids is 1. The van der Waals surface area contributed by atoms with E-state index in [4.69, 9.17) is 5.73 Å². The summed E-state index contributed by atoms with van der Waals surface area (Å²) in [7, 11) is 0. The molecule has 0 spiro atoms. The van der Waals surface area contributed by atoms with E-state index in [0.717, 1.165) is 12.8 Å². The van der Waals surface area contributed by atoms with E-state index >= 15 is 0 Å². The number of nitrogens with two attached hydrogens (primary N) is 1. The van der Waals surface area contributed by atoms with E-state index in [2.05, 4.69) is 26.1 Å². The average Bonchev–Trinajstić information content (AvgIpc) is 2.35. The van der Waals surface area contributed by atoms with Crippen molar-refractivity contribution >= 4 is 5.91 Å². The molecule has 0 aromatic heterocycles. The largest absolute Gasteiger partial charge is 0.368 e. The quantitative estimate of drug-likeness (QED) is 0.529. The predicted molar refractivity (Wildman–Crippen MR) is 87.7 cm³/mol. The maximum absolute atomic E-state index is 11.5. The monoisotopic (exact) mass is 284 g/mol. The molecule has 0 aliphatic heterocycles. The van der Waals surface area contributed by atoms with Gasteiger partial charge in [0.2, 0.25) is 5.91 Å². The SMILES string of the molecule is CCCCCCCC(C)(CCCC)NC(C)(C)C(N)=O. The molecule has 1 unspecified atom stereocenters. The fourth-order valence-corrected chi connectivity index (χ4v) is 2.75. The number of hydrogen-bond acceptors (Lipinski definition) is 2. The summed E-state index contributed by atoms with van der Waals surface area (Å²) >= 11 is 0. The lowest BCUT2D eigenvalue weighted by atomic mass is 9.85. The molecule has 0 aromatic carbocycles. The van der Waals surface area contributed by atoms with Crippen LogP contribution in [0.2, 0.25) is 0 Å². The van der Waals surface area contributed by atoms with Gasteiger partial charge >= 0.3 is 0 Å². The molecule has 0 radical (unpaired) electrons. The lowest BCUT2D eigenvalue weighted by molar-refractivity contribution is -0.124. The van der Waals surface area contributed by atoms with Gasteiger partial charge < -0.3 is 5.73 Å². The van der Waals surface area contributed by atoms with Crippen molar-refractivity contribution in [3.8, 4) is 0 Å². The third-order valence-electron chi connectivity index (χ3n) is 4.14. The van der Waals surface area contributed by atoms with Gasteiger partial charge in [-0.1, -0.05) is 58.8 Å². The summed E-state index contributed by atoms with van der Waals surface area (Å²) in [6.07, 6.45) is 11.0. The summed E-state index contributed by atoms with van der Waals surface area (Å²) in [6, 6.07) is 0. The first-order valence-electron chi connectivity index (χ1n) is 8.36. The van der Waals surface area contributed by atoms with Crippen LogP contribution < -0.4 is 11.1 Å². The number of amides is 1. The standard InChI is InChI=1S/C17H36N2O/c1-6-8-10-11-12-14-17(5,13-9-7-2)19-16(3,4)15(18)20/h19H,6-14H2,1-5H3,(H2,18,20). The first-order valence-corrected chi connectivity index (χ1v) is 8.36. The van der Waals surface area contributed by atoms with Crippen molar-refractivity contribution in [3.63, 3.8) is 0 Å². The highest BCUT2D eigenvalue weighted by atomic mass is 16.1. The molecule has 1 amide bonds. The van der Waals surface area contributed by atoms with Gasteiger partial charge in [-0.15, -0.1) is 0 Å². The number of nitrogens with one attached hydrogen (secondary N) is 1. The van der Waals surface area contributed by atoms with E-state index in [0.29, 0.717) is 0 Å². The third-order valence-corrected chi connectivity index (χ3v) is 4.14. The molecular formula is C17H36N2O. The summed E-state index contributed by atoms with van der Waals surface area (Å²) in [4.78, 5) is 11.5. The molecule has 0 aliphatic carbocycles. The minimum Gasteiger partial charge on any atom is -0.368 e. The lowest BCUT2D eigenvalue weighted by Crippen LogP contribution is -2.59. The number of hydrogen-bond donors (Lipinski definition) is 2. The Morgan fingerprint density at radius 1 is 0.900 bits per heavy atom. The van der Waals surface area contributed by atoms with E-state index in [1.54, 1.807) is 0 Å². The fraction of sp³-hybridized carbons (Fsp3) is 0.941. The van der Waals surface area contributed by atoms with Crippen LogP contribution in [0.15, 0.2) is 0 Å². The van der Waals surface area contributed by atoms with Crippen LogP contribution >= 0.6 is 0 Å². The Morgan fingerprint density at radius 3 is 1.90 bits per heavy atom. The molecule has 0 bridgehead atoms. The molecule has 3 nitrogen and oxygen atoms in total. The second kappa shape index (κ2) is 9.38. The maximum Gasteiger partial charge on any atom is 0.237 e. The molecule has 0 fully saturated rings. The van der Waals surface area contributed by atoms with E-state index in [9.17, 15) is 4.79 Å². The molecule has 0 saturated carbocycles. The Bertz CT molecular complexity index is 276. The summed E-state index contributed by atoms with van der Waals surface area (Å²) in [5.74, 6) is -0.272. The first-order chi connectivity index (χ1) is 9.27. The van der Waals surface area contributed by atoms with Gasteiger partial charge in [0.05, 0.1) is 5.54 Å². The van der Waals surface area contributed by atoms with Crippen molar-refractivity contribution in [2.45, 2.75) is 103 Å². The van der Waals surface area contributed by atoms with Crippen LogP contribution in [0.3, 0.4) is 0 Å². The lowest BCUT2D eigenvalue weighted by Gasteiger charge is -2.38. The molecule has 1 atom stereocenters. The van der Waals surface area contributed by atoms with Crippen LogP contribution in [0.4, 0.5) is 0 Å². The minimum absolute atomic E-state index is 0.0146. The average molecular weight is 284 g/mol. The molecule has 0 aliphatic rings. The molecule has 0 rings (SSSR count). The second-order valence-corrected chi connectivity index (χ2v) is 6.94. The highest BCUT2D eigenvalue weighted by Gasteiger charge is 2.34. The Hall–Kier alpha value is -0.570.